The van der Waals surface area contributed by atoms with Gasteiger partial charge in [-0.2, -0.15) is 5.26 Å². The summed E-state index contributed by atoms with van der Waals surface area (Å²) in [5.41, 5.74) is 4.17. The number of ether oxygens (including phenoxy) is 1. The molecule has 0 spiro atoms. The van der Waals surface area contributed by atoms with Gasteiger partial charge in [0.15, 0.2) is 0 Å². The number of hydrogen-bond donors (Lipinski definition) is 0. The number of benzene rings is 2. The molecule has 0 heterocycles. The summed E-state index contributed by atoms with van der Waals surface area (Å²) >= 11 is 0. The van der Waals surface area contributed by atoms with Crippen LogP contribution in [0.15, 0.2) is 42.5 Å². The third-order valence-corrected chi connectivity index (χ3v) is 4.28. The van der Waals surface area contributed by atoms with Gasteiger partial charge in [0.05, 0.1) is 26.1 Å². The Balaban J connectivity index is 2.08. The minimum absolute atomic E-state index is 0.00809. The highest BCUT2D eigenvalue weighted by atomic mass is 16.5. The van der Waals surface area contributed by atoms with E-state index in [4.69, 9.17) is 10.00 Å². The first-order chi connectivity index (χ1) is 12.9. The SMILES string of the molecule is COc1ccc(CN(C)CC(=O)N(CCC#N)c2cc(C)cc(C)c2)cc1. The van der Waals surface area contributed by atoms with E-state index in [2.05, 4.69) is 12.1 Å². The molecule has 2 aromatic carbocycles. The molecule has 0 aliphatic carbocycles. The average molecular weight is 365 g/mol. The minimum Gasteiger partial charge on any atom is -0.497 e. The lowest BCUT2D eigenvalue weighted by molar-refractivity contribution is -0.119. The maximum Gasteiger partial charge on any atom is 0.241 e. The van der Waals surface area contributed by atoms with Gasteiger partial charge in [0.1, 0.15) is 5.75 Å². The molecule has 0 atom stereocenters. The normalized spacial score (nSPS) is 10.5. The lowest BCUT2D eigenvalue weighted by Gasteiger charge is -2.26. The smallest absolute Gasteiger partial charge is 0.241 e. The van der Waals surface area contributed by atoms with Crippen LogP contribution in [-0.2, 0) is 11.3 Å². The number of aryl methyl sites for hydroxylation is 2. The maximum absolute atomic E-state index is 12.9. The Labute approximate surface area is 161 Å². The molecule has 27 heavy (non-hydrogen) atoms. The number of anilines is 1. The van der Waals surface area contributed by atoms with Crippen LogP contribution in [0.2, 0.25) is 0 Å². The number of carbonyl (C=O) groups excluding carboxylic acids is 1. The summed E-state index contributed by atoms with van der Waals surface area (Å²) in [6.45, 7) is 5.37. The number of nitrogens with zero attached hydrogens (tertiary/aromatic N) is 3. The number of amides is 1. The van der Waals surface area contributed by atoms with Crippen molar-refractivity contribution in [2.24, 2.45) is 0 Å². The monoisotopic (exact) mass is 365 g/mol. The van der Waals surface area contributed by atoms with E-state index in [0.29, 0.717) is 19.5 Å². The third-order valence-electron chi connectivity index (χ3n) is 4.28. The van der Waals surface area contributed by atoms with Crippen LogP contribution >= 0.6 is 0 Å². The summed E-state index contributed by atoms with van der Waals surface area (Å²) in [5, 5.41) is 8.96. The van der Waals surface area contributed by atoms with E-state index in [0.717, 1.165) is 28.1 Å². The highest BCUT2D eigenvalue weighted by Crippen LogP contribution is 2.20. The van der Waals surface area contributed by atoms with Crippen LogP contribution in [0.5, 0.6) is 5.75 Å². The van der Waals surface area contributed by atoms with Crippen molar-refractivity contribution in [3.05, 3.63) is 59.2 Å². The Kier molecular flexibility index (Phi) is 7.39. The standard InChI is InChI=1S/C22H27N3O2/c1-17-12-18(2)14-20(13-17)25(11-5-10-23)22(26)16-24(3)15-19-6-8-21(27-4)9-7-19/h6-9,12-14H,5,11,15-16H2,1-4H3. The van der Waals surface area contributed by atoms with Crippen molar-refractivity contribution in [1.82, 2.24) is 4.90 Å². The van der Waals surface area contributed by atoms with E-state index in [9.17, 15) is 4.79 Å². The van der Waals surface area contributed by atoms with E-state index in [1.165, 1.54) is 0 Å². The predicted octanol–water partition coefficient (Wildman–Crippen LogP) is 3.69. The second kappa shape index (κ2) is 9.75. The second-order valence-corrected chi connectivity index (χ2v) is 6.82. The lowest BCUT2D eigenvalue weighted by Crippen LogP contribution is -2.39. The van der Waals surface area contributed by atoms with E-state index in [1.54, 1.807) is 12.0 Å². The van der Waals surface area contributed by atoms with Crippen molar-refractivity contribution in [3.63, 3.8) is 0 Å². The van der Waals surface area contributed by atoms with Crippen LogP contribution in [0.25, 0.3) is 0 Å². The largest absolute Gasteiger partial charge is 0.497 e. The molecule has 0 saturated carbocycles. The van der Waals surface area contributed by atoms with Crippen molar-refractivity contribution in [1.29, 1.82) is 5.26 Å². The Morgan fingerprint density at radius 2 is 1.74 bits per heavy atom. The van der Waals surface area contributed by atoms with Crippen molar-refractivity contribution in [3.8, 4) is 11.8 Å². The van der Waals surface area contributed by atoms with Crippen molar-refractivity contribution in [2.45, 2.75) is 26.8 Å². The highest BCUT2D eigenvalue weighted by molar-refractivity contribution is 5.95. The van der Waals surface area contributed by atoms with Crippen LogP contribution in [-0.4, -0.2) is 38.1 Å². The predicted molar refractivity (Wildman–Crippen MR) is 108 cm³/mol. The zero-order valence-electron chi connectivity index (χ0n) is 16.5. The summed E-state index contributed by atoms with van der Waals surface area (Å²) in [7, 11) is 3.56. The molecule has 2 aromatic rings. The first-order valence-corrected chi connectivity index (χ1v) is 9.00. The Bertz CT molecular complexity index is 789. The van der Waals surface area contributed by atoms with Gasteiger partial charge < -0.3 is 9.64 Å². The fourth-order valence-electron chi connectivity index (χ4n) is 3.08. The van der Waals surface area contributed by atoms with Crippen molar-refractivity contribution >= 4 is 11.6 Å². The Hall–Kier alpha value is -2.84. The van der Waals surface area contributed by atoms with Gasteiger partial charge >= 0.3 is 0 Å². The summed E-state index contributed by atoms with van der Waals surface area (Å²) in [4.78, 5) is 16.6. The fraction of sp³-hybridized carbons (Fsp3) is 0.364. The summed E-state index contributed by atoms with van der Waals surface area (Å²) < 4.78 is 5.18. The van der Waals surface area contributed by atoms with Gasteiger partial charge in [-0.3, -0.25) is 9.69 Å². The van der Waals surface area contributed by atoms with Gasteiger partial charge in [-0.25, -0.2) is 0 Å². The lowest BCUT2D eigenvalue weighted by atomic mass is 10.1. The van der Waals surface area contributed by atoms with Gasteiger partial charge in [0.25, 0.3) is 0 Å². The van der Waals surface area contributed by atoms with Gasteiger partial charge in [-0.1, -0.05) is 18.2 Å². The molecule has 0 fully saturated rings. The van der Waals surface area contributed by atoms with Gasteiger partial charge in [0, 0.05) is 18.8 Å². The van der Waals surface area contributed by atoms with Crippen LogP contribution in [0, 0.1) is 25.2 Å². The molecule has 5 nitrogen and oxygen atoms in total. The first-order valence-electron chi connectivity index (χ1n) is 9.00. The number of hydrogen-bond acceptors (Lipinski definition) is 4. The van der Waals surface area contributed by atoms with Crippen LogP contribution < -0.4 is 9.64 Å². The molecule has 0 bridgehead atoms. The summed E-state index contributed by atoms with van der Waals surface area (Å²) in [5.74, 6) is 0.807. The van der Waals surface area contributed by atoms with E-state index < -0.39 is 0 Å². The van der Waals surface area contributed by atoms with Crippen LogP contribution in [0.3, 0.4) is 0 Å². The first kappa shape index (κ1) is 20.5. The zero-order valence-corrected chi connectivity index (χ0v) is 16.5. The van der Waals surface area contributed by atoms with Crippen molar-refractivity contribution in [2.75, 3.05) is 32.1 Å². The molecule has 142 valence electrons. The molecule has 0 aromatic heterocycles. The van der Waals surface area contributed by atoms with Crippen LogP contribution in [0.4, 0.5) is 5.69 Å². The molecule has 0 aliphatic heterocycles. The van der Waals surface area contributed by atoms with E-state index in [1.807, 2.05) is 62.2 Å². The molecule has 2 rings (SSSR count). The van der Waals surface area contributed by atoms with E-state index >= 15 is 0 Å². The molecule has 0 unspecified atom stereocenters. The highest BCUT2D eigenvalue weighted by Gasteiger charge is 2.18. The van der Waals surface area contributed by atoms with Crippen LogP contribution in [0.1, 0.15) is 23.1 Å². The molecule has 0 radical (unpaired) electrons. The Morgan fingerprint density at radius 1 is 1.11 bits per heavy atom. The Morgan fingerprint density at radius 3 is 2.30 bits per heavy atom. The average Bonchev–Trinajstić information content (AvgIpc) is 2.61. The number of likely N-dealkylation sites (N-methyl/N-ethyl adjacent to an activating group) is 1. The van der Waals surface area contributed by atoms with Gasteiger partial charge in [0.2, 0.25) is 5.91 Å². The van der Waals surface area contributed by atoms with Crippen molar-refractivity contribution < 1.29 is 9.53 Å². The maximum atomic E-state index is 12.9. The molecule has 1 amide bonds. The van der Waals surface area contributed by atoms with Gasteiger partial charge in [-0.15, -0.1) is 0 Å². The molecule has 0 aliphatic rings. The molecular formula is C22H27N3O2. The minimum atomic E-state index is -0.00809. The topological polar surface area (TPSA) is 56.6 Å². The third kappa shape index (κ3) is 6.12. The number of carbonyl (C=O) groups is 1. The van der Waals surface area contributed by atoms with Gasteiger partial charge in [-0.05, 0) is 61.9 Å². The summed E-state index contributed by atoms with van der Waals surface area (Å²) in [6.07, 6.45) is 0.306. The second-order valence-electron chi connectivity index (χ2n) is 6.82. The zero-order chi connectivity index (χ0) is 19.8. The molecule has 0 saturated heterocycles. The molecule has 5 heteroatoms. The number of rotatable bonds is 8. The summed E-state index contributed by atoms with van der Waals surface area (Å²) in [6, 6.07) is 16.0. The fourth-order valence-corrected chi connectivity index (χ4v) is 3.08. The molecular weight excluding hydrogens is 338 g/mol. The van der Waals surface area contributed by atoms with E-state index in [-0.39, 0.29) is 12.5 Å². The quantitative estimate of drug-likeness (QED) is 0.716. The number of methoxy groups -OCH3 is 1. The number of nitriles is 1. The molecule has 0 N–H and O–H groups in total.